The molecule has 1 N–H and O–H groups in total. The molecule has 1 aliphatic heterocycles. The molecule has 0 spiro atoms. The van der Waals surface area contributed by atoms with Crippen LogP contribution in [0, 0.1) is 0 Å². The molecule has 6 nitrogen and oxygen atoms in total. The summed E-state index contributed by atoms with van der Waals surface area (Å²) in [4.78, 5) is 23.5. The number of carbonyl (C=O) groups is 2. The maximum absolute atomic E-state index is 11.4. The van der Waals surface area contributed by atoms with Crippen molar-refractivity contribution >= 4 is 12.1 Å². The minimum Gasteiger partial charge on any atom is -0.497 e. The molecule has 18 heavy (non-hydrogen) atoms. The predicted molar refractivity (Wildman–Crippen MR) is 61.3 cm³/mol. The number of aliphatic carboxylic acids is 1. The van der Waals surface area contributed by atoms with E-state index in [-0.39, 0.29) is 6.54 Å². The van der Waals surface area contributed by atoms with Gasteiger partial charge >= 0.3 is 12.1 Å². The van der Waals surface area contributed by atoms with Gasteiger partial charge in [0.15, 0.2) is 0 Å². The summed E-state index contributed by atoms with van der Waals surface area (Å²) in [7, 11) is 1.57. The Balaban J connectivity index is 2.01. The van der Waals surface area contributed by atoms with Crippen molar-refractivity contribution in [1.29, 1.82) is 0 Å². The van der Waals surface area contributed by atoms with Crippen LogP contribution in [0.15, 0.2) is 24.3 Å². The van der Waals surface area contributed by atoms with Crippen molar-refractivity contribution in [3.8, 4) is 5.75 Å². The van der Waals surface area contributed by atoms with E-state index < -0.39 is 18.2 Å². The molecule has 6 heteroatoms. The second-order valence-electron chi connectivity index (χ2n) is 3.94. The highest BCUT2D eigenvalue weighted by Gasteiger charge is 2.35. The first-order chi connectivity index (χ1) is 8.60. The summed E-state index contributed by atoms with van der Waals surface area (Å²) < 4.78 is 9.74. The van der Waals surface area contributed by atoms with Crippen LogP contribution in [0.25, 0.3) is 0 Å². The molecule has 1 saturated heterocycles. The van der Waals surface area contributed by atoms with Crippen LogP contribution in [0.4, 0.5) is 4.79 Å². The van der Waals surface area contributed by atoms with Gasteiger partial charge in [0.1, 0.15) is 5.75 Å². The third-order valence-corrected chi connectivity index (χ3v) is 2.70. The average Bonchev–Trinajstić information content (AvgIpc) is 2.72. The van der Waals surface area contributed by atoms with Crippen molar-refractivity contribution in [2.75, 3.05) is 13.7 Å². The number of methoxy groups -OCH3 is 1. The van der Waals surface area contributed by atoms with E-state index in [2.05, 4.69) is 0 Å². The Bertz CT molecular complexity index is 456. The topological polar surface area (TPSA) is 76.1 Å². The molecule has 0 bridgehead atoms. The van der Waals surface area contributed by atoms with Crippen LogP contribution in [0.1, 0.15) is 5.56 Å². The number of ether oxygens (including phenoxy) is 2. The Morgan fingerprint density at radius 2 is 2.17 bits per heavy atom. The Kier molecular flexibility index (Phi) is 3.36. The smallest absolute Gasteiger partial charge is 0.411 e. The molecule has 1 aromatic rings. The van der Waals surface area contributed by atoms with E-state index in [9.17, 15) is 9.59 Å². The number of hydrogen-bond donors (Lipinski definition) is 1. The van der Waals surface area contributed by atoms with E-state index in [1.165, 1.54) is 4.90 Å². The van der Waals surface area contributed by atoms with E-state index in [1.54, 1.807) is 19.2 Å². The number of benzene rings is 1. The van der Waals surface area contributed by atoms with E-state index in [0.29, 0.717) is 6.54 Å². The maximum Gasteiger partial charge on any atom is 0.411 e. The Hall–Kier alpha value is -2.24. The first-order valence-electron chi connectivity index (χ1n) is 5.41. The minimum atomic E-state index is -1.12. The molecule has 0 aliphatic carbocycles. The maximum atomic E-state index is 11.4. The van der Waals surface area contributed by atoms with Crippen LogP contribution in [0.3, 0.4) is 0 Å². The lowest BCUT2D eigenvalue weighted by Crippen LogP contribution is -2.27. The quantitative estimate of drug-likeness (QED) is 0.867. The average molecular weight is 251 g/mol. The number of carbonyl (C=O) groups excluding carboxylic acids is 1. The van der Waals surface area contributed by atoms with Crippen LogP contribution in [-0.4, -0.2) is 41.8 Å². The van der Waals surface area contributed by atoms with Crippen LogP contribution in [-0.2, 0) is 16.1 Å². The van der Waals surface area contributed by atoms with Gasteiger partial charge in [0.05, 0.1) is 13.7 Å². The lowest BCUT2D eigenvalue weighted by Gasteiger charge is -2.12. The minimum absolute atomic E-state index is 0.0696. The molecule has 1 atom stereocenters. The van der Waals surface area contributed by atoms with Gasteiger partial charge in [0, 0.05) is 6.54 Å². The lowest BCUT2D eigenvalue weighted by atomic mass is 10.2. The molecule has 1 aromatic carbocycles. The molecule has 0 aromatic heterocycles. The van der Waals surface area contributed by atoms with Gasteiger partial charge in [-0.2, -0.15) is 0 Å². The van der Waals surface area contributed by atoms with Crippen molar-refractivity contribution in [2.24, 2.45) is 0 Å². The summed E-state index contributed by atoms with van der Waals surface area (Å²) in [6.45, 7) is 0.396. The fourth-order valence-electron chi connectivity index (χ4n) is 1.72. The molecule has 1 fully saturated rings. The Morgan fingerprint density at radius 3 is 2.67 bits per heavy atom. The second-order valence-corrected chi connectivity index (χ2v) is 3.94. The normalized spacial score (nSPS) is 18.6. The monoisotopic (exact) mass is 251 g/mol. The number of carboxylic acids is 1. The van der Waals surface area contributed by atoms with Crippen molar-refractivity contribution in [1.82, 2.24) is 4.90 Å². The van der Waals surface area contributed by atoms with Gasteiger partial charge in [-0.25, -0.2) is 9.59 Å². The highest BCUT2D eigenvalue weighted by molar-refractivity contribution is 5.81. The zero-order chi connectivity index (χ0) is 13.1. The summed E-state index contributed by atoms with van der Waals surface area (Å²) in [6, 6.07) is 7.21. The SMILES string of the molecule is COc1ccc(CN2CC(C(=O)O)OC2=O)cc1. The van der Waals surface area contributed by atoms with Crippen molar-refractivity contribution in [2.45, 2.75) is 12.6 Å². The number of hydrogen-bond acceptors (Lipinski definition) is 4. The second kappa shape index (κ2) is 4.95. The van der Waals surface area contributed by atoms with Gasteiger partial charge in [-0.05, 0) is 17.7 Å². The third kappa shape index (κ3) is 2.53. The first-order valence-corrected chi connectivity index (χ1v) is 5.41. The number of carboxylic acid groups (broad SMARTS) is 1. The van der Waals surface area contributed by atoms with Crippen molar-refractivity contribution in [3.05, 3.63) is 29.8 Å². The molecule has 1 heterocycles. The third-order valence-electron chi connectivity index (χ3n) is 2.70. The molecular formula is C12H13NO5. The van der Waals surface area contributed by atoms with Crippen molar-refractivity contribution < 1.29 is 24.2 Å². The van der Waals surface area contributed by atoms with E-state index in [1.807, 2.05) is 12.1 Å². The van der Waals surface area contributed by atoms with Gasteiger partial charge in [0.2, 0.25) is 6.10 Å². The fourth-order valence-corrected chi connectivity index (χ4v) is 1.72. The number of cyclic esters (lactones) is 1. The van der Waals surface area contributed by atoms with Crippen LogP contribution >= 0.6 is 0 Å². The zero-order valence-electron chi connectivity index (χ0n) is 9.83. The number of rotatable bonds is 4. The number of nitrogens with zero attached hydrogens (tertiary/aromatic N) is 1. The van der Waals surface area contributed by atoms with E-state index in [4.69, 9.17) is 14.6 Å². The van der Waals surface area contributed by atoms with Gasteiger partial charge < -0.3 is 14.6 Å². The largest absolute Gasteiger partial charge is 0.497 e. The fraction of sp³-hybridized carbons (Fsp3) is 0.333. The lowest BCUT2D eigenvalue weighted by molar-refractivity contribution is -0.144. The standard InChI is InChI=1S/C12H13NO5/c1-17-9-4-2-8(3-5-9)6-13-7-10(11(14)15)18-12(13)16/h2-5,10H,6-7H2,1H3,(H,14,15). The van der Waals surface area contributed by atoms with Crippen LogP contribution < -0.4 is 4.74 Å². The molecule has 1 unspecified atom stereocenters. The summed E-state index contributed by atoms with van der Waals surface area (Å²) in [5, 5.41) is 8.76. The Morgan fingerprint density at radius 1 is 1.50 bits per heavy atom. The Labute approximate surface area is 104 Å². The molecule has 0 radical (unpaired) electrons. The summed E-state index contributed by atoms with van der Waals surface area (Å²) in [6.07, 6.45) is -1.67. The molecule has 1 aliphatic rings. The van der Waals surface area contributed by atoms with Gasteiger partial charge in [-0.1, -0.05) is 12.1 Å². The van der Waals surface area contributed by atoms with Gasteiger partial charge in [-0.3, -0.25) is 4.90 Å². The van der Waals surface area contributed by atoms with Crippen molar-refractivity contribution in [3.63, 3.8) is 0 Å². The zero-order valence-corrected chi connectivity index (χ0v) is 9.83. The summed E-state index contributed by atoms with van der Waals surface area (Å²) >= 11 is 0. The van der Waals surface area contributed by atoms with Crippen LogP contribution in [0.2, 0.25) is 0 Å². The van der Waals surface area contributed by atoms with Gasteiger partial charge in [0.25, 0.3) is 0 Å². The molecule has 0 saturated carbocycles. The molecular weight excluding hydrogens is 238 g/mol. The summed E-state index contributed by atoms with van der Waals surface area (Å²) in [5.41, 5.74) is 0.888. The highest BCUT2D eigenvalue weighted by atomic mass is 16.6. The first kappa shape index (κ1) is 12.2. The molecule has 96 valence electrons. The van der Waals surface area contributed by atoms with Crippen LogP contribution in [0.5, 0.6) is 5.75 Å². The van der Waals surface area contributed by atoms with E-state index >= 15 is 0 Å². The summed E-state index contributed by atoms with van der Waals surface area (Å²) in [5.74, 6) is -0.397. The molecule has 2 rings (SSSR count). The predicted octanol–water partition coefficient (Wildman–Crippen LogP) is 1.10. The highest BCUT2D eigenvalue weighted by Crippen LogP contribution is 2.17. The number of amides is 1. The van der Waals surface area contributed by atoms with E-state index in [0.717, 1.165) is 11.3 Å². The van der Waals surface area contributed by atoms with Gasteiger partial charge in [-0.15, -0.1) is 0 Å². The molecule has 1 amide bonds.